The third-order valence-electron chi connectivity index (χ3n) is 5.23. The van der Waals surface area contributed by atoms with Crippen molar-refractivity contribution in [2.75, 3.05) is 6.54 Å². The van der Waals surface area contributed by atoms with Crippen molar-refractivity contribution in [1.82, 2.24) is 10.2 Å². The van der Waals surface area contributed by atoms with E-state index >= 15 is 0 Å². The first-order valence-electron chi connectivity index (χ1n) is 10.2. The Balaban J connectivity index is 1.77. The van der Waals surface area contributed by atoms with Crippen LogP contribution in [0, 0.1) is 6.92 Å². The van der Waals surface area contributed by atoms with Gasteiger partial charge in [-0.2, -0.15) is 0 Å². The SMILES string of the molecule is C=CCN1C(=O)/C(=C/c2c(OCc3ccc(C)cc3)ccc3ccccc23)C(=O)NC1=S. The van der Waals surface area contributed by atoms with E-state index in [0.717, 1.165) is 16.3 Å². The number of benzene rings is 3. The Morgan fingerprint density at radius 2 is 1.81 bits per heavy atom. The molecule has 3 aromatic rings. The first-order valence-corrected chi connectivity index (χ1v) is 10.6. The number of thiocarbonyl (C=S) groups is 1. The quantitative estimate of drug-likeness (QED) is 0.264. The van der Waals surface area contributed by atoms with Crippen LogP contribution in [0.15, 0.2) is 78.9 Å². The zero-order valence-electron chi connectivity index (χ0n) is 17.6. The van der Waals surface area contributed by atoms with Crippen LogP contribution in [0.1, 0.15) is 16.7 Å². The van der Waals surface area contributed by atoms with Gasteiger partial charge >= 0.3 is 0 Å². The Bertz CT molecular complexity index is 1260. The minimum Gasteiger partial charge on any atom is -0.488 e. The first kappa shape index (κ1) is 21.5. The van der Waals surface area contributed by atoms with Crippen molar-refractivity contribution < 1.29 is 14.3 Å². The lowest BCUT2D eigenvalue weighted by Crippen LogP contribution is -2.53. The maximum Gasteiger partial charge on any atom is 0.265 e. The van der Waals surface area contributed by atoms with Gasteiger partial charge in [0.1, 0.15) is 17.9 Å². The van der Waals surface area contributed by atoms with Crippen LogP contribution in [-0.4, -0.2) is 28.4 Å². The molecule has 0 radical (unpaired) electrons. The Morgan fingerprint density at radius 3 is 2.56 bits per heavy atom. The molecule has 0 atom stereocenters. The highest BCUT2D eigenvalue weighted by atomic mass is 32.1. The number of fused-ring (bicyclic) bond motifs is 1. The number of carbonyl (C=O) groups excluding carboxylic acids is 2. The predicted molar refractivity (Wildman–Crippen MR) is 130 cm³/mol. The maximum atomic E-state index is 13.0. The number of ether oxygens (including phenoxy) is 1. The van der Waals surface area contributed by atoms with Gasteiger partial charge in [-0.25, -0.2) is 0 Å². The van der Waals surface area contributed by atoms with Gasteiger partial charge in [0.05, 0.1) is 0 Å². The summed E-state index contributed by atoms with van der Waals surface area (Å²) in [6.45, 7) is 6.27. The van der Waals surface area contributed by atoms with Gasteiger partial charge in [0.15, 0.2) is 5.11 Å². The third-order valence-corrected chi connectivity index (χ3v) is 5.55. The van der Waals surface area contributed by atoms with Gasteiger partial charge in [-0.1, -0.05) is 66.2 Å². The van der Waals surface area contributed by atoms with Gasteiger partial charge < -0.3 is 4.74 Å². The normalized spacial score (nSPS) is 15.2. The number of nitrogens with one attached hydrogen (secondary N) is 1. The molecule has 3 aromatic carbocycles. The van der Waals surface area contributed by atoms with Gasteiger partial charge in [0.25, 0.3) is 11.8 Å². The predicted octanol–water partition coefficient (Wildman–Crippen LogP) is 4.54. The van der Waals surface area contributed by atoms with Crippen molar-refractivity contribution in [1.29, 1.82) is 0 Å². The average molecular weight is 443 g/mol. The monoisotopic (exact) mass is 442 g/mol. The summed E-state index contributed by atoms with van der Waals surface area (Å²) in [5, 5.41) is 4.52. The molecule has 6 heteroatoms. The van der Waals surface area contributed by atoms with Crippen LogP contribution in [0.2, 0.25) is 0 Å². The van der Waals surface area contributed by atoms with E-state index in [9.17, 15) is 9.59 Å². The molecule has 4 rings (SSSR count). The summed E-state index contributed by atoms with van der Waals surface area (Å²) in [6.07, 6.45) is 3.15. The van der Waals surface area contributed by atoms with Crippen LogP contribution in [0.25, 0.3) is 16.8 Å². The van der Waals surface area contributed by atoms with Crippen molar-refractivity contribution in [2.45, 2.75) is 13.5 Å². The van der Waals surface area contributed by atoms with Gasteiger partial charge in [-0.3, -0.25) is 19.8 Å². The van der Waals surface area contributed by atoms with E-state index in [1.807, 2.05) is 67.6 Å². The van der Waals surface area contributed by atoms with Crippen molar-refractivity contribution in [3.8, 4) is 5.75 Å². The molecule has 1 N–H and O–H groups in total. The number of nitrogens with zero attached hydrogens (tertiary/aromatic N) is 1. The fourth-order valence-corrected chi connectivity index (χ4v) is 3.78. The topological polar surface area (TPSA) is 58.6 Å². The highest BCUT2D eigenvalue weighted by Crippen LogP contribution is 2.31. The molecule has 0 spiro atoms. The molecule has 1 aliphatic rings. The number of hydrogen-bond donors (Lipinski definition) is 1. The number of rotatable bonds is 6. The van der Waals surface area contributed by atoms with Gasteiger partial charge in [-0.15, -0.1) is 6.58 Å². The summed E-state index contributed by atoms with van der Waals surface area (Å²) in [5.41, 5.74) is 2.86. The number of hydrogen-bond acceptors (Lipinski definition) is 4. The molecule has 1 heterocycles. The molecular formula is C26H22N2O3S. The summed E-state index contributed by atoms with van der Waals surface area (Å²) in [6, 6.07) is 19.7. The van der Waals surface area contributed by atoms with Crippen LogP contribution in [0.4, 0.5) is 0 Å². The highest BCUT2D eigenvalue weighted by molar-refractivity contribution is 7.80. The lowest BCUT2D eigenvalue weighted by Gasteiger charge is -2.28. The highest BCUT2D eigenvalue weighted by Gasteiger charge is 2.33. The fourth-order valence-electron chi connectivity index (χ4n) is 3.53. The van der Waals surface area contributed by atoms with Gasteiger partial charge in [0.2, 0.25) is 0 Å². The zero-order chi connectivity index (χ0) is 22.7. The average Bonchev–Trinajstić information content (AvgIpc) is 2.79. The number of aryl methyl sites for hydroxylation is 1. The fraction of sp³-hybridized carbons (Fsp3) is 0.115. The maximum absolute atomic E-state index is 13.0. The number of carbonyl (C=O) groups is 2. The standard InChI is InChI=1S/C26H22N2O3S/c1-3-14-28-25(30)22(24(29)27-26(28)32)15-21-20-7-5-4-6-19(20)12-13-23(21)31-16-18-10-8-17(2)9-11-18/h3-13,15H,1,14,16H2,2H3,(H,27,29,32)/b22-15+. The smallest absolute Gasteiger partial charge is 0.265 e. The summed E-state index contributed by atoms with van der Waals surface area (Å²) in [5.74, 6) is -0.408. The molecule has 0 aromatic heterocycles. The Hall–Kier alpha value is -3.77. The third kappa shape index (κ3) is 4.31. The molecule has 32 heavy (non-hydrogen) atoms. The van der Waals surface area contributed by atoms with Gasteiger partial charge in [-0.05, 0) is 47.6 Å². The lowest BCUT2D eigenvalue weighted by molar-refractivity contribution is -0.128. The summed E-state index contributed by atoms with van der Waals surface area (Å²) >= 11 is 5.15. The largest absolute Gasteiger partial charge is 0.488 e. The van der Waals surface area contributed by atoms with Crippen LogP contribution in [0.5, 0.6) is 5.75 Å². The van der Waals surface area contributed by atoms with E-state index in [2.05, 4.69) is 11.9 Å². The molecule has 0 saturated carbocycles. The van der Waals surface area contributed by atoms with Crippen molar-refractivity contribution >= 4 is 46.0 Å². The lowest BCUT2D eigenvalue weighted by atomic mass is 10.00. The van der Waals surface area contributed by atoms with Gasteiger partial charge in [0, 0.05) is 12.1 Å². The van der Waals surface area contributed by atoms with Crippen molar-refractivity contribution in [3.63, 3.8) is 0 Å². The molecule has 160 valence electrons. The van der Waals surface area contributed by atoms with E-state index in [-0.39, 0.29) is 17.2 Å². The molecule has 2 amide bonds. The molecule has 0 unspecified atom stereocenters. The van der Waals surface area contributed by atoms with Crippen LogP contribution >= 0.6 is 12.2 Å². The summed E-state index contributed by atoms with van der Waals surface area (Å²) in [7, 11) is 0. The van der Waals surface area contributed by atoms with Crippen LogP contribution in [0.3, 0.4) is 0 Å². The van der Waals surface area contributed by atoms with E-state index in [0.29, 0.717) is 17.9 Å². The second-order valence-corrected chi connectivity index (χ2v) is 7.88. The van der Waals surface area contributed by atoms with Crippen molar-refractivity contribution in [3.05, 3.63) is 95.6 Å². The Labute approximate surface area is 192 Å². The zero-order valence-corrected chi connectivity index (χ0v) is 18.4. The molecule has 1 saturated heterocycles. The van der Waals surface area contributed by atoms with E-state index in [1.165, 1.54) is 10.5 Å². The molecule has 0 bridgehead atoms. The molecule has 1 fully saturated rings. The summed E-state index contributed by atoms with van der Waals surface area (Å²) < 4.78 is 6.14. The first-order chi connectivity index (χ1) is 15.5. The van der Waals surface area contributed by atoms with Crippen LogP contribution in [-0.2, 0) is 16.2 Å². The number of amides is 2. The summed E-state index contributed by atoms with van der Waals surface area (Å²) in [4.78, 5) is 27.0. The van der Waals surface area contributed by atoms with Crippen LogP contribution < -0.4 is 10.1 Å². The van der Waals surface area contributed by atoms with Crippen molar-refractivity contribution in [2.24, 2.45) is 0 Å². The second-order valence-electron chi connectivity index (χ2n) is 7.49. The van der Waals surface area contributed by atoms with E-state index in [1.54, 1.807) is 12.2 Å². The Morgan fingerprint density at radius 1 is 1.06 bits per heavy atom. The van der Waals surface area contributed by atoms with E-state index in [4.69, 9.17) is 17.0 Å². The van der Waals surface area contributed by atoms with E-state index < -0.39 is 11.8 Å². The molecule has 5 nitrogen and oxygen atoms in total. The molecular weight excluding hydrogens is 420 g/mol. The molecule has 1 aliphatic heterocycles. The minimum atomic E-state index is -0.530. The molecule has 0 aliphatic carbocycles. The Kier molecular flexibility index (Phi) is 6.14. The minimum absolute atomic E-state index is 0.00279. The second kappa shape index (κ2) is 9.16.